The van der Waals surface area contributed by atoms with Gasteiger partial charge in [0.15, 0.2) is 12.1 Å². The number of carbonyl (C=O) groups is 2. The monoisotopic (exact) mass is 352 g/mol. The zero-order chi connectivity index (χ0) is 18.3. The first-order chi connectivity index (χ1) is 12.6. The summed E-state index contributed by atoms with van der Waals surface area (Å²) in [5.74, 6) is -1.10. The highest BCUT2D eigenvalue weighted by atomic mass is 19.1. The van der Waals surface area contributed by atoms with Crippen molar-refractivity contribution in [3.63, 3.8) is 0 Å². The fourth-order valence-corrected chi connectivity index (χ4v) is 3.31. The van der Waals surface area contributed by atoms with Crippen LogP contribution in [-0.4, -0.2) is 28.9 Å². The molecular weight excluding hydrogens is 335 g/mol. The summed E-state index contributed by atoms with van der Waals surface area (Å²) in [7, 11) is 0. The van der Waals surface area contributed by atoms with E-state index in [1.807, 2.05) is 19.1 Å². The van der Waals surface area contributed by atoms with Crippen LogP contribution in [0.2, 0.25) is 0 Å². The third kappa shape index (κ3) is 2.65. The fraction of sp³-hybridized carbons (Fsp3) is 0.263. The van der Waals surface area contributed by atoms with Gasteiger partial charge in [0.1, 0.15) is 5.82 Å². The number of fused-ring (bicyclic) bond motifs is 1. The normalized spacial score (nSPS) is 21.6. The standard InChI is InChI=1S/C19H17FN4O2/c1-2-12-6-8-15(9-7-12)24-18(25)16-17(19(24)26)23(22-21-16)11-13-4-3-5-14(20)10-13/h3-10,16-17H,2,11H2,1H3/t16-,17-/m0/s1. The number of nitrogens with zero attached hydrogens (tertiary/aromatic N) is 4. The van der Waals surface area contributed by atoms with Gasteiger partial charge in [0, 0.05) is 0 Å². The third-order valence-corrected chi connectivity index (χ3v) is 4.69. The van der Waals surface area contributed by atoms with E-state index in [1.165, 1.54) is 22.0 Å². The van der Waals surface area contributed by atoms with E-state index in [4.69, 9.17) is 0 Å². The molecule has 2 aromatic carbocycles. The van der Waals surface area contributed by atoms with Crippen molar-refractivity contribution in [2.45, 2.75) is 32.0 Å². The Morgan fingerprint density at radius 2 is 1.81 bits per heavy atom. The lowest BCUT2D eigenvalue weighted by molar-refractivity contribution is -0.123. The van der Waals surface area contributed by atoms with Gasteiger partial charge in [-0.15, -0.1) is 0 Å². The summed E-state index contributed by atoms with van der Waals surface area (Å²) in [5, 5.41) is 9.41. The highest BCUT2D eigenvalue weighted by molar-refractivity contribution is 6.25. The quantitative estimate of drug-likeness (QED) is 0.795. The van der Waals surface area contributed by atoms with Crippen LogP contribution in [-0.2, 0) is 22.6 Å². The molecular formula is C19H17FN4O2. The average molecular weight is 352 g/mol. The Morgan fingerprint density at radius 3 is 2.50 bits per heavy atom. The van der Waals surface area contributed by atoms with Gasteiger partial charge in [-0.1, -0.05) is 36.4 Å². The summed E-state index contributed by atoms with van der Waals surface area (Å²) in [6.45, 7) is 2.25. The van der Waals surface area contributed by atoms with Crippen LogP contribution in [0.5, 0.6) is 0 Å². The molecule has 2 aliphatic heterocycles. The largest absolute Gasteiger partial charge is 0.271 e. The Bertz CT molecular complexity index is 897. The smallest absolute Gasteiger partial charge is 0.263 e. The maximum atomic E-state index is 13.4. The molecule has 0 spiro atoms. The molecule has 2 atom stereocenters. The van der Waals surface area contributed by atoms with E-state index < -0.39 is 12.1 Å². The van der Waals surface area contributed by atoms with Crippen LogP contribution in [0, 0.1) is 5.82 Å². The maximum absolute atomic E-state index is 13.4. The molecule has 132 valence electrons. The molecule has 2 aliphatic rings. The van der Waals surface area contributed by atoms with Crippen LogP contribution in [0.15, 0.2) is 58.9 Å². The first-order valence-electron chi connectivity index (χ1n) is 8.47. The molecule has 2 amide bonds. The molecule has 2 aromatic rings. The Morgan fingerprint density at radius 1 is 1.04 bits per heavy atom. The Hall–Kier alpha value is -3.09. The van der Waals surface area contributed by atoms with Crippen molar-refractivity contribution in [2.24, 2.45) is 10.3 Å². The van der Waals surface area contributed by atoms with E-state index >= 15 is 0 Å². The molecule has 0 radical (unpaired) electrons. The van der Waals surface area contributed by atoms with Crippen molar-refractivity contribution < 1.29 is 14.0 Å². The molecule has 0 aliphatic carbocycles. The summed E-state index contributed by atoms with van der Waals surface area (Å²) in [5.41, 5.74) is 2.32. The van der Waals surface area contributed by atoms with Crippen molar-refractivity contribution >= 4 is 17.5 Å². The average Bonchev–Trinajstić information content (AvgIpc) is 3.16. The molecule has 7 heteroatoms. The maximum Gasteiger partial charge on any atom is 0.263 e. The highest BCUT2D eigenvalue weighted by Crippen LogP contribution is 2.32. The second-order valence-corrected chi connectivity index (χ2v) is 6.35. The summed E-state index contributed by atoms with van der Waals surface area (Å²) in [4.78, 5) is 26.7. The Balaban J connectivity index is 1.58. The van der Waals surface area contributed by atoms with Gasteiger partial charge in [0.05, 0.1) is 12.2 Å². The van der Waals surface area contributed by atoms with Gasteiger partial charge in [-0.25, -0.2) is 9.29 Å². The van der Waals surface area contributed by atoms with Crippen molar-refractivity contribution in [3.8, 4) is 0 Å². The van der Waals surface area contributed by atoms with E-state index in [-0.39, 0.29) is 24.2 Å². The number of anilines is 1. The SMILES string of the molecule is CCc1ccc(N2C(=O)[C@H]3N=NN(Cc4cccc(F)c4)[C@@H]3C2=O)cc1. The van der Waals surface area contributed by atoms with E-state index in [2.05, 4.69) is 10.3 Å². The van der Waals surface area contributed by atoms with Gasteiger partial charge in [0.2, 0.25) is 0 Å². The number of carbonyl (C=O) groups excluding carboxylic acids is 2. The summed E-state index contributed by atoms with van der Waals surface area (Å²) < 4.78 is 13.4. The van der Waals surface area contributed by atoms with Gasteiger partial charge in [-0.2, -0.15) is 5.11 Å². The molecule has 1 saturated heterocycles. The van der Waals surface area contributed by atoms with Crippen LogP contribution < -0.4 is 4.90 Å². The Kier molecular flexibility index (Phi) is 3.99. The van der Waals surface area contributed by atoms with Gasteiger partial charge in [0.25, 0.3) is 11.8 Å². The van der Waals surface area contributed by atoms with Gasteiger partial charge in [-0.05, 0) is 41.8 Å². The summed E-state index contributed by atoms with van der Waals surface area (Å²) in [6.07, 6.45) is 0.878. The molecule has 6 nitrogen and oxygen atoms in total. The van der Waals surface area contributed by atoms with Crippen LogP contribution in [0.1, 0.15) is 18.1 Å². The summed E-state index contributed by atoms with van der Waals surface area (Å²) >= 11 is 0. The van der Waals surface area contributed by atoms with Crippen LogP contribution in [0.4, 0.5) is 10.1 Å². The second-order valence-electron chi connectivity index (χ2n) is 6.35. The number of hydrogen-bond acceptors (Lipinski definition) is 5. The number of imide groups is 1. The van der Waals surface area contributed by atoms with Crippen LogP contribution in [0.25, 0.3) is 0 Å². The predicted molar refractivity (Wildman–Crippen MR) is 92.7 cm³/mol. The minimum absolute atomic E-state index is 0.212. The number of hydrogen-bond donors (Lipinski definition) is 0. The first-order valence-corrected chi connectivity index (χ1v) is 8.47. The van der Waals surface area contributed by atoms with E-state index in [0.717, 1.165) is 12.0 Å². The minimum Gasteiger partial charge on any atom is -0.271 e. The van der Waals surface area contributed by atoms with E-state index in [9.17, 15) is 14.0 Å². The molecule has 0 N–H and O–H groups in total. The number of benzene rings is 2. The topological polar surface area (TPSA) is 65.3 Å². The molecule has 1 fully saturated rings. The first kappa shape index (κ1) is 16.4. The zero-order valence-electron chi connectivity index (χ0n) is 14.2. The van der Waals surface area contributed by atoms with Gasteiger partial charge in [-0.3, -0.25) is 14.6 Å². The molecule has 0 saturated carbocycles. The number of aryl methyl sites for hydroxylation is 1. The zero-order valence-corrected chi connectivity index (χ0v) is 14.2. The number of rotatable bonds is 4. The van der Waals surface area contributed by atoms with Crippen molar-refractivity contribution in [1.29, 1.82) is 0 Å². The second kappa shape index (κ2) is 6.33. The molecule has 0 aromatic heterocycles. The highest BCUT2D eigenvalue weighted by Gasteiger charge is 2.54. The van der Waals surface area contributed by atoms with Crippen molar-refractivity contribution in [2.75, 3.05) is 4.90 Å². The lowest BCUT2D eigenvalue weighted by Crippen LogP contribution is -2.39. The van der Waals surface area contributed by atoms with Gasteiger partial charge < -0.3 is 0 Å². The van der Waals surface area contributed by atoms with Crippen LogP contribution >= 0.6 is 0 Å². The minimum atomic E-state index is -0.845. The molecule has 4 rings (SSSR count). The van der Waals surface area contributed by atoms with Crippen molar-refractivity contribution in [1.82, 2.24) is 5.01 Å². The predicted octanol–water partition coefficient (Wildman–Crippen LogP) is 2.88. The number of halogens is 1. The summed E-state index contributed by atoms with van der Waals surface area (Å²) in [6, 6.07) is 11.8. The fourth-order valence-electron chi connectivity index (χ4n) is 3.31. The molecule has 0 unspecified atom stereocenters. The number of amides is 2. The lowest BCUT2D eigenvalue weighted by Gasteiger charge is -2.20. The molecule has 26 heavy (non-hydrogen) atoms. The Labute approximate surface area is 149 Å². The molecule has 2 heterocycles. The van der Waals surface area contributed by atoms with Gasteiger partial charge >= 0.3 is 0 Å². The van der Waals surface area contributed by atoms with E-state index in [1.54, 1.807) is 24.3 Å². The third-order valence-electron chi connectivity index (χ3n) is 4.69. The lowest BCUT2D eigenvalue weighted by atomic mass is 10.1. The van der Waals surface area contributed by atoms with Crippen molar-refractivity contribution in [3.05, 3.63) is 65.5 Å². The molecule has 0 bridgehead atoms. The van der Waals surface area contributed by atoms with Crippen LogP contribution in [0.3, 0.4) is 0 Å². The van der Waals surface area contributed by atoms with E-state index in [0.29, 0.717) is 11.3 Å².